The van der Waals surface area contributed by atoms with Crippen LogP contribution in [0.2, 0.25) is 0 Å². The molecule has 2 aromatic carbocycles. The van der Waals surface area contributed by atoms with Crippen LogP contribution in [0.15, 0.2) is 36.4 Å². The quantitative estimate of drug-likeness (QED) is 0.860. The molecule has 0 aliphatic carbocycles. The molecule has 6 heteroatoms. The first-order chi connectivity index (χ1) is 12.5. The molecule has 6 nitrogen and oxygen atoms in total. The molecule has 1 aliphatic heterocycles. The SMILES string of the molecule is COc1ccc2cc(CN(C)C(=O)CN3CCCC3C(=O)O)ccc2c1. The number of nitrogens with zero attached hydrogens (tertiary/aromatic N) is 2. The fraction of sp³-hybridized carbons (Fsp3) is 0.400. The summed E-state index contributed by atoms with van der Waals surface area (Å²) in [7, 11) is 3.40. The molecule has 1 fully saturated rings. The van der Waals surface area contributed by atoms with E-state index in [0.29, 0.717) is 19.5 Å². The molecule has 1 heterocycles. The molecule has 1 aliphatic rings. The number of benzene rings is 2. The molecule has 0 bridgehead atoms. The lowest BCUT2D eigenvalue weighted by atomic mass is 10.1. The summed E-state index contributed by atoms with van der Waals surface area (Å²) in [6.07, 6.45) is 1.43. The number of amides is 1. The largest absolute Gasteiger partial charge is 0.497 e. The van der Waals surface area contributed by atoms with Gasteiger partial charge in [0.15, 0.2) is 0 Å². The van der Waals surface area contributed by atoms with Crippen LogP contribution in [-0.4, -0.2) is 60.1 Å². The number of carboxylic acid groups (broad SMARTS) is 1. The van der Waals surface area contributed by atoms with Crippen molar-refractivity contribution in [2.75, 3.05) is 27.2 Å². The number of carboxylic acids is 1. The molecule has 0 spiro atoms. The van der Waals surface area contributed by atoms with E-state index in [9.17, 15) is 14.7 Å². The zero-order valence-corrected chi connectivity index (χ0v) is 15.1. The first-order valence-corrected chi connectivity index (χ1v) is 8.75. The van der Waals surface area contributed by atoms with Gasteiger partial charge in [-0.05, 0) is 53.9 Å². The fourth-order valence-electron chi connectivity index (χ4n) is 3.45. The van der Waals surface area contributed by atoms with E-state index in [1.54, 1.807) is 24.0 Å². The standard InChI is InChI=1S/C20H24N2O4/c1-21(19(23)13-22-9-3-4-18(22)20(24)25)12-14-5-6-16-11-17(26-2)8-7-15(16)10-14/h5-8,10-11,18H,3-4,9,12-13H2,1-2H3,(H,24,25). The highest BCUT2D eigenvalue weighted by atomic mass is 16.5. The molecule has 26 heavy (non-hydrogen) atoms. The highest BCUT2D eigenvalue weighted by Gasteiger charge is 2.32. The van der Waals surface area contributed by atoms with Crippen LogP contribution in [0.1, 0.15) is 18.4 Å². The molecule has 1 unspecified atom stereocenters. The molecule has 1 atom stereocenters. The maximum atomic E-state index is 12.5. The van der Waals surface area contributed by atoms with Gasteiger partial charge in [-0.2, -0.15) is 0 Å². The predicted molar refractivity (Wildman–Crippen MR) is 99.2 cm³/mol. The third-order valence-electron chi connectivity index (χ3n) is 4.94. The number of carbonyl (C=O) groups is 2. The molecule has 2 aromatic rings. The topological polar surface area (TPSA) is 70.1 Å². The van der Waals surface area contributed by atoms with Gasteiger partial charge >= 0.3 is 5.97 Å². The normalized spacial score (nSPS) is 17.4. The van der Waals surface area contributed by atoms with E-state index in [1.165, 1.54) is 0 Å². The minimum absolute atomic E-state index is 0.0621. The van der Waals surface area contributed by atoms with Gasteiger partial charge in [0, 0.05) is 13.6 Å². The van der Waals surface area contributed by atoms with Gasteiger partial charge in [-0.1, -0.05) is 18.2 Å². The van der Waals surface area contributed by atoms with Gasteiger partial charge in [-0.3, -0.25) is 14.5 Å². The minimum Gasteiger partial charge on any atom is -0.497 e. The summed E-state index contributed by atoms with van der Waals surface area (Å²) in [4.78, 5) is 27.2. The zero-order chi connectivity index (χ0) is 18.7. The van der Waals surface area contributed by atoms with Gasteiger partial charge in [-0.15, -0.1) is 0 Å². The van der Waals surface area contributed by atoms with Gasteiger partial charge in [0.2, 0.25) is 5.91 Å². The van der Waals surface area contributed by atoms with Crippen molar-refractivity contribution in [1.82, 2.24) is 9.80 Å². The monoisotopic (exact) mass is 356 g/mol. The Balaban J connectivity index is 1.65. The van der Waals surface area contributed by atoms with Crippen molar-refractivity contribution < 1.29 is 19.4 Å². The van der Waals surface area contributed by atoms with Gasteiger partial charge < -0.3 is 14.7 Å². The lowest BCUT2D eigenvalue weighted by molar-refractivity contribution is -0.143. The number of ether oxygens (including phenoxy) is 1. The smallest absolute Gasteiger partial charge is 0.320 e. The van der Waals surface area contributed by atoms with Crippen molar-refractivity contribution in [2.45, 2.75) is 25.4 Å². The van der Waals surface area contributed by atoms with E-state index in [0.717, 1.165) is 28.5 Å². The number of hydrogen-bond donors (Lipinski definition) is 1. The lowest BCUT2D eigenvalue weighted by Crippen LogP contribution is -2.43. The Bertz CT molecular complexity index is 821. The van der Waals surface area contributed by atoms with Crippen LogP contribution in [-0.2, 0) is 16.1 Å². The number of carbonyl (C=O) groups excluding carboxylic acids is 1. The summed E-state index contributed by atoms with van der Waals surface area (Å²) in [5, 5.41) is 11.4. The Kier molecular flexibility index (Phi) is 5.42. The lowest BCUT2D eigenvalue weighted by Gasteiger charge is -2.24. The van der Waals surface area contributed by atoms with E-state index >= 15 is 0 Å². The van der Waals surface area contributed by atoms with Crippen molar-refractivity contribution in [3.05, 3.63) is 42.0 Å². The number of hydrogen-bond acceptors (Lipinski definition) is 4. The summed E-state index contributed by atoms with van der Waals surface area (Å²) in [5.74, 6) is -0.0907. The summed E-state index contributed by atoms with van der Waals surface area (Å²) in [5.41, 5.74) is 1.04. The van der Waals surface area contributed by atoms with E-state index in [4.69, 9.17) is 4.74 Å². The predicted octanol–water partition coefficient (Wildman–Crippen LogP) is 2.36. The van der Waals surface area contributed by atoms with Crippen LogP contribution in [0.5, 0.6) is 5.75 Å². The molecule has 0 saturated carbocycles. The van der Waals surface area contributed by atoms with E-state index < -0.39 is 12.0 Å². The summed E-state index contributed by atoms with van der Waals surface area (Å²) in [6, 6.07) is 11.4. The third-order valence-corrected chi connectivity index (χ3v) is 4.94. The Morgan fingerprint density at radius 3 is 2.69 bits per heavy atom. The van der Waals surface area contributed by atoms with Gasteiger partial charge in [-0.25, -0.2) is 0 Å². The summed E-state index contributed by atoms with van der Waals surface area (Å²) < 4.78 is 5.24. The van der Waals surface area contributed by atoms with Gasteiger partial charge in [0.1, 0.15) is 11.8 Å². The zero-order valence-electron chi connectivity index (χ0n) is 15.1. The van der Waals surface area contributed by atoms with Crippen molar-refractivity contribution >= 4 is 22.6 Å². The number of likely N-dealkylation sites (tertiary alicyclic amines) is 1. The first kappa shape index (κ1) is 18.2. The molecule has 1 amide bonds. The van der Waals surface area contributed by atoms with Gasteiger partial charge in [0.05, 0.1) is 13.7 Å². The van der Waals surface area contributed by atoms with Crippen molar-refractivity contribution in [2.24, 2.45) is 0 Å². The van der Waals surface area contributed by atoms with Gasteiger partial charge in [0.25, 0.3) is 0 Å². The highest BCUT2D eigenvalue weighted by molar-refractivity contribution is 5.85. The second-order valence-electron chi connectivity index (χ2n) is 6.76. The van der Waals surface area contributed by atoms with Crippen molar-refractivity contribution in [1.29, 1.82) is 0 Å². The number of likely N-dealkylation sites (N-methyl/N-ethyl adjacent to an activating group) is 1. The maximum absolute atomic E-state index is 12.5. The molecule has 138 valence electrons. The van der Waals surface area contributed by atoms with Crippen LogP contribution in [0.4, 0.5) is 0 Å². The number of aliphatic carboxylic acids is 1. The number of fused-ring (bicyclic) bond motifs is 1. The molecule has 0 radical (unpaired) electrons. The number of rotatable bonds is 6. The van der Waals surface area contributed by atoms with Crippen LogP contribution < -0.4 is 4.74 Å². The Morgan fingerprint density at radius 1 is 1.23 bits per heavy atom. The van der Waals surface area contributed by atoms with Crippen LogP contribution in [0.3, 0.4) is 0 Å². The van der Waals surface area contributed by atoms with E-state index in [2.05, 4.69) is 6.07 Å². The van der Waals surface area contributed by atoms with Crippen molar-refractivity contribution in [3.63, 3.8) is 0 Å². The average Bonchev–Trinajstić information content (AvgIpc) is 3.09. The highest BCUT2D eigenvalue weighted by Crippen LogP contribution is 2.22. The van der Waals surface area contributed by atoms with Crippen molar-refractivity contribution in [3.8, 4) is 5.75 Å². The molecule has 0 aromatic heterocycles. The molecule has 1 N–H and O–H groups in total. The summed E-state index contributed by atoms with van der Waals surface area (Å²) >= 11 is 0. The molecule has 3 rings (SSSR count). The molecular weight excluding hydrogens is 332 g/mol. The van der Waals surface area contributed by atoms with E-state index in [-0.39, 0.29) is 12.5 Å². The summed E-state index contributed by atoms with van der Waals surface area (Å²) in [6.45, 7) is 1.30. The van der Waals surface area contributed by atoms with Crippen LogP contribution in [0, 0.1) is 0 Å². The minimum atomic E-state index is -0.845. The first-order valence-electron chi connectivity index (χ1n) is 8.75. The molecular formula is C20H24N2O4. The number of methoxy groups -OCH3 is 1. The second kappa shape index (κ2) is 7.74. The Morgan fingerprint density at radius 2 is 1.96 bits per heavy atom. The van der Waals surface area contributed by atoms with Crippen LogP contribution >= 0.6 is 0 Å². The Hall–Kier alpha value is -2.60. The fourth-order valence-corrected chi connectivity index (χ4v) is 3.45. The van der Waals surface area contributed by atoms with E-state index in [1.807, 2.05) is 30.3 Å². The van der Waals surface area contributed by atoms with Crippen LogP contribution in [0.25, 0.3) is 10.8 Å². The maximum Gasteiger partial charge on any atom is 0.320 e. The average molecular weight is 356 g/mol. The Labute approximate surface area is 153 Å². The third kappa shape index (κ3) is 3.96. The molecule has 1 saturated heterocycles. The second-order valence-corrected chi connectivity index (χ2v) is 6.76.